The van der Waals surface area contributed by atoms with E-state index in [0.29, 0.717) is 22.9 Å². The number of anilines is 1. The van der Waals surface area contributed by atoms with Gasteiger partial charge in [0.15, 0.2) is 5.82 Å². The Hall–Kier alpha value is -3.15. The zero-order valence-electron chi connectivity index (χ0n) is 16.2. The number of benzene rings is 2. The maximum atomic E-state index is 13.6. The molecule has 0 aliphatic heterocycles. The van der Waals surface area contributed by atoms with Crippen molar-refractivity contribution in [3.63, 3.8) is 0 Å². The number of rotatable bonds is 6. The highest BCUT2D eigenvalue weighted by Crippen LogP contribution is 2.24. The van der Waals surface area contributed by atoms with Gasteiger partial charge in [-0.1, -0.05) is 56.3 Å². The van der Waals surface area contributed by atoms with E-state index in [0.717, 1.165) is 5.56 Å². The minimum absolute atomic E-state index is 0.148. The summed E-state index contributed by atoms with van der Waals surface area (Å²) in [7, 11) is 0. The smallest absolute Gasteiger partial charge is 0.230 e. The molecule has 0 saturated carbocycles. The molecule has 0 atom stereocenters. The fourth-order valence-electron chi connectivity index (χ4n) is 2.54. The van der Waals surface area contributed by atoms with Gasteiger partial charge in [-0.15, -0.1) is 0 Å². The summed E-state index contributed by atoms with van der Waals surface area (Å²) in [6.45, 7) is 6.17. The van der Waals surface area contributed by atoms with Gasteiger partial charge in [-0.2, -0.15) is 0 Å². The molecule has 3 rings (SSSR count). The second-order valence-electron chi connectivity index (χ2n) is 7.58. The normalized spacial score (nSPS) is 11.3. The average molecular weight is 382 g/mol. The molecule has 5 nitrogen and oxygen atoms in total. The summed E-state index contributed by atoms with van der Waals surface area (Å²) in [6, 6.07) is 15.4. The SMILES string of the molecule is CC(C)(C)c1cc(NC(=O)Cc2ccc(OCc3ccccc3F)cc2)no1. The Morgan fingerprint density at radius 3 is 2.50 bits per heavy atom. The van der Waals surface area contributed by atoms with E-state index in [-0.39, 0.29) is 30.2 Å². The zero-order valence-corrected chi connectivity index (χ0v) is 16.2. The first kappa shape index (κ1) is 19.6. The topological polar surface area (TPSA) is 64.4 Å². The summed E-state index contributed by atoms with van der Waals surface area (Å²) in [4.78, 5) is 12.2. The van der Waals surface area contributed by atoms with Gasteiger partial charge in [0.25, 0.3) is 0 Å². The maximum absolute atomic E-state index is 13.6. The third-order valence-electron chi connectivity index (χ3n) is 4.16. The lowest BCUT2D eigenvalue weighted by molar-refractivity contribution is -0.115. The molecule has 28 heavy (non-hydrogen) atoms. The zero-order chi connectivity index (χ0) is 20.1. The van der Waals surface area contributed by atoms with Crippen LogP contribution in [0.5, 0.6) is 5.75 Å². The van der Waals surface area contributed by atoms with Crippen molar-refractivity contribution in [3.05, 3.63) is 77.3 Å². The van der Waals surface area contributed by atoms with Crippen LogP contribution < -0.4 is 10.1 Å². The number of ether oxygens (including phenoxy) is 1. The number of hydrogen-bond acceptors (Lipinski definition) is 4. The monoisotopic (exact) mass is 382 g/mol. The molecule has 0 aliphatic rings. The van der Waals surface area contributed by atoms with Gasteiger partial charge in [-0.05, 0) is 23.8 Å². The molecule has 2 aromatic carbocycles. The predicted molar refractivity (Wildman–Crippen MR) is 105 cm³/mol. The van der Waals surface area contributed by atoms with E-state index in [1.807, 2.05) is 20.8 Å². The Morgan fingerprint density at radius 2 is 1.86 bits per heavy atom. The predicted octanol–water partition coefficient (Wildman–Crippen LogP) is 4.87. The van der Waals surface area contributed by atoms with Gasteiger partial charge >= 0.3 is 0 Å². The van der Waals surface area contributed by atoms with E-state index in [9.17, 15) is 9.18 Å². The van der Waals surface area contributed by atoms with Crippen LogP contribution in [0, 0.1) is 5.82 Å². The van der Waals surface area contributed by atoms with Gasteiger partial charge in [0, 0.05) is 17.0 Å². The molecule has 3 aromatic rings. The second kappa shape index (κ2) is 8.25. The third-order valence-corrected chi connectivity index (χ3v) is 4.16. The lowest BCUT2D eigenvalue weighted by atomic mass is 9.93. The Kier molecular flexibility index (Phi) is 5.78. The lowest BCUT2D eigenvalue weighted by Gasteiger charge is -2.12. The van der Waals surface area contributed by atoms with E-state index in [1.54, 1.807) is 48.5 Å². The van der Waals surface area contributed by atoms with Crippen molar-refractivity contribution in [1.29, 1.82) is 0 Å². The number of halogens is 1. The second-order valence-corrected chi connectivity index (χ2v) is 7.58. The molecule has 0 bridgehead atoms. The molecule has 1 amide bonds. The lowest BCUT2D eigenvalue weighted by Crippen LogP contribution is -2.14. The fourth-order valence-corrected chi connectivity index (χ4v) is 2.54. The third kappa shape index (κ3) is 5.19. The summed E-state index contributed by atoms with van der Waals surface area (Å²) >= 11 is 0. The first-order valence-corrected chi connectivity index (χ1v) is 9.03. The molecule has 0 fully saturated rings. The van der Waals surface area contributed by atoms with E-state index in [4.69, 9.17) is 9.26 Å². The van der Waals surface area contributed by atoms with Crippen LogP contribution >= 0.6 is 0 Å². The summed E-state index contributed by atoms with van der Waals surface area (Å²) < 4.78 is 24.5. The van der Waals surface area contributed by atoms with Gasteiger partial charge in [0.2, 0.25) is 5.91 Å². The van der Waals surface area contributed by atoms with Crippen molar-refractivity contribution in [1.82, 2.24) is 5.16 Å². The minimum Gasteiger partial charge on any atom is -0.489 e. The van der Waals surface area contributed by atoms with Crippen LogP contribution in [-0.2, 0) is 23.2 Å². The number of nitrogens with one attached hydrogen (secondary N) is 1. The molecule has 0 aliphatic carbocycles. The van der Waals surface area contributed by atoms with Crippen molar-refractivity contribution < 1.29 is 18.4 Å². The number of nitrogens with zero attached hydrogens (tertiary/aromatic N) is 1. The Morgan fingerprint density at radius 1 is 1.14 bits per heavy atom. The number of hydrogen-bond donors (Lipinski definition) is 1. The number of aromatic nitrogens is 1. The standard InChI is InChI=1S/C22H23FN2O3/c1-22(2,3)19-13-20(25-28-19)24-21(26)12-15-8-10-17(11-9-15)27-14-16-6-4-5-7-18(16)23/h4-11,13H,12,14H2,1-3H3,(H,24,25,26). The molecule has 6 heteroatoms. The molecule has 146 valence electrons. The van der Waals surface area contributed by atoms with Crippen molar-refractivity contribution in [2.24, 2.45) is 0 Å². The van der Waals surface area contributed by atoms with E-state index < -0.39 is 0 Å². The average Bonchev–Trinajstić information content (AvgIpc) is 3.11. The van der Waals surface area contributed by atoms with E-state index in [1.165, 1.54) is 6.07 Å². The van der Waals surface area contributed by atoms with Crippen LogP contribution in [0.3, 0.4) is 0 Å². The molecule has 1 N–H and O–H groups in total. The quantitative estimate of drug-likeness (QED) is 0.660. The van der Waals surface area contributed by atoms with Crippen LogP contribution in [0.25, 0.3) is 0 Å². The molecular formula is C22H23FN2O3. The highest BCUT2D eigenvalue weighted by Gasteiger charge is 2.20. The molecule has 0 radical (unpaired) electrons. The van der Waals surface area contributed by atoms with Gasteiger partial charge < -0.3 is 14.6 Å². The molecule has 1 heterocycles. The number of carbonyl (C=O) groups is 1. The highest BCUT2D eigenvalue weighted by atomic mass is 19.1. The van der Waals surface area contributed by atoms with Crippen LogP contribution in [0.15, 0.2) is 59.1 Å². The Balaban J connectivity index is 1.53. The van der Waals surface area contributed by atoms with Gasteiger partial charge in [-0.25, -0.2) is 4.39 Å². The van der Waals surface area contributed by atoms with Crippen LogP contribution in [0.1, 0.15) is 37.7 Å². The molecule has 0 saturated heterocycles. The summed E-state index contributed by atoms with van der Waals surface area (Å²) in [6.07, 6.45) is 0.200. The summed E-state index contributed by atoms with van der Waals surface area (Å²) in [5.41, 5.74) is 1.15. The molecule has 0 unspecified atom stereocenters. The first-order valence-electron chi connectivity index (χ1n) is 9.03. The van der Waals surface area contributed by atoms with Crippen molar-refractivity contribution in [3.8, 4) is 5.75 Å². The molecule has 1 aromatic heterocycles. The maximum Gasteiger partial charge on any atom is 0.230 e. The summed E-state index contributed by atoms with van der Waals surface area (Å²) in [5, 5.41) is 6.61. The van der Waals surface area contributed by atoms with Crippen molar-refractivity contribution >= 4 is 11.7 Å². The van der Waals surface area contributed by atoms with Crippen LogP contribution in [-0.4, -0.2) is 11.1 Å². The van der Waals surface area contributed by atoms with Crippen molar-refractivity contribution in [2.75, 3.05) is 5.32 Å². The molecular weight excluding hydrogens is 359 g/mol. The highest BCUT2D eigenvalue weighted by molar-refractivity contribution is 5.91. The Labute approximate surface area is 163 Å². The minimum atomic E-state index is -0.293. The number of amides is 1. The summed E-state index contributed by atoms with van der Waals surface area (Å²) in [5.74, 6) is 1.24. The van der Waals surface area contributed by atoms with E-state index >= 15 is 0 Å². The number of carbonyl (C=O) groups excluding carboxylic acids is 1. The first-order chi connectivity index (χ1) is 13.3. The van der Waals surface area contributed by atoms with Crippen LogP contribution in [0.2, 0.25) is 0 Å². The van der Waals surface area contributed by atoms with Crippen LogP contribution in [0.4, 0.5) is 10.2 Å². The van der Waals surface area contributed by atoms with Gasteiger partial charge in [0.1, 0.15) is 23.9 Å². The Bertz CT molecular complexity index is 943. The fraction of sp³-hybridized carbons (Fsp3) is 0.273. The van der Waals surface area contributed by atoms with Crippen molar-refractivity contribution in [2.45, 2.75) is 39.2 Å². The van der Waals surface area contributed by atoms with E-state index in [2.05, 4.69) is 10.5 Å². The van der Waals surface area contributed by atoms with Gasteiger partial charge in [0.05, 0.1) is 6.42 Å². The largest absolute Gasteiger partial charge is 0.489 e. The molecule has 0 spiro atoms. The van der Waals surface area contributed by atoms with Gasteiger partial charge in [-0.3, -0.25) is 4.79 Å².